The van der Waals surface area contributed by atoms with Crippen LogP contribution < -0.4 is 14.7 Å². The van der Waals surface area contributed by atoms with Crippen molar-refractivity contribution in [2.24, 2.45) is 0 Å². The van der Waals surface area contributed by atoms with E-state index in [0.717, 1.165) is 77.2 Å². The lowest BCUT2D eigenvalue weighted by Crippen LogP contribution is -3.16. The maximum Gasteiger partial charge on any atom is 0.215 e. The zero-order valence-corrected chi connectivity index (χ0v) is 17.0. The monoisotopic (exact) mass is 393 g/mol. The summed E-state index contributed by atoms with van der Waals surface area (Å²) in [5, 5.41) is 0. The summed E-state index contributed by atoms with van der Waals surface area (Å²) in [6, 6.07) is 19.4. The third-order valence-electron chi connectivity index (χ3n) is 6.26. The topological polar surface area (TPSA) is 39.2 Å². The van der Waals surface area contributed by atoms with Crippen molar-refractivity contribution >= 4 is 17.0 Å². The molecule has 2 aromatic carbocycles. The number of hydrogen-bond acceptors (Lipinski definition) is 3. The van der Waals surface area contributed by atoms with Crippen LogP contribution in [0.15, 0.2) is 54.6 Å². The minimum Gasteiger partial charge on any atom is -0.370 e. The van der Waals surface area contributed by atoms with Gasteiger partial charge in [0.1, 0.15) is 13.1 Å². The van der Waals surface area contributed by atoms with Gasteiger partial charge in [0.15, 0.2) is 13.3 Å². The zero-order chi connectivity index (χ0) is 19.5. The van der Waals surface area contributed by atoms with Gasteiger partial charge >= 0.3 is 0 Å². The Bertz CT molecular complexity index is 935. The zero-order valence-electron chi connectivity index (χ0n) is 17.0. The Morgan fingerprint density at radius 3 is 2.52 bits per heavy atom. The predicted octanol–water partition coefficient (Wildman–Crippen LogP) is -0.186. The average molecular weight is 394 g/mol. The molecular formula is C23H31N5O+2. The molecule has 0 saturated carbocycles. The summed E-state index contributed by atoms with van der Waals surface area (Å²) in [5.41, 5.74) is 3.78. The minimum atomic E-state index is 0.891. The molecule has 1 saturated heterocycles. The lowest BCUT2D eigenvalue weighted by Gasteiger charge is -2.35. The van der Waals surface area contributed by atoms with Crippen molar-refractivity contribution in [1.29, 1.82) is 0 Å². The Hall–Kier alpha value is -2.41. The number of benzene rings is 2. The first-order valence-corrected chi connectivity index (χ1v) is 10.9. The third-order valence-corrected chi connectivity index (χ3v) is 6.26. The molecular weight excluding hydrogens is 362 g/mol. The first-order chi connectivity index (χ1) is 14.4. The molecule has 1 fully saturated rings. The molecule has 1 atom stereocenters. The summed E-state index contributed by atoms with van der Waals surface area (Å²) in [7, 11) is 0. The van der Waals surface area contributed by atoms with Crippen LogP contribution in [-0.2, 0) is 17.8 Å². The van der Waals surface area contributed by atoms with Crippen LogP contribution in [0.3, 0.4) is 0 Å². The second-order valence-corrected chi connectivity index (χ2v) is 8.26. The van der Waals surface area contributed by atoms with Crippen LogP contribution >= 0.6 is 0 Å². The molecule has 6 heteroatoms. The van der Waals surface area contributed by atoms with Gasteiger partial charge in [-0.2, -0.15) is 0 Å². The lowest BCUT2D eigenvalue weighted by molar-refractivity contribution is -0.926. The van der Waals surface area contributed by atoms with Gasteiger partial charge in [-0.1, -0.05) is 42.5 Å². The highest BCUT2D eigenvalue weighted by Gasteiger charge is 2.29. The van der Waals surface area contributed by atoms with Crippen molar-refractivity contribution in [2.75, 3.05) is 57.5 Å². The molecule has 0 amide bonds. The van der Waals surface area contributed by atoms with E-state index in [1.807, 2.05) is 0 Å². The highest BCUT2D eigenvalue weighted by atomic mass is 16.5. The molecule has 2 aliphatic heterocycles. The predicted molar refractivity (Wildman–Crippen MR) is 114 cm³/mol. The highest BCUT2D eigenvalue weighted by molar-refractivity contribution is 5.78. The fourth-order valence-corrected chi connectivity index (χ4v) is 4.58. The molecule has 2 N–H and O–H groups in total. The Labute approximate surface area is 172 Å². The van der Waals surface area contributed by atoms with Crippen molar-refractivity contribution in [3.05, 3.63) is 60.2 Å². The van der Waals surface area contributed by atoms with Crippen LogP contribution in [0.4, 0.5) is 5.95 Å². The minimum absolute atomic E-state index is 0.891. The van der Waals surface area contributed by atoms with Crippen LogP contribution in [0.5, 0.6) is 0 Å². The van der Waals surface area contributed by atoms with Crippen molar-refractivity contribution in [1.82, 2.24) is 9.55 Å². The number of anilines is 1. The smallest absolute Gasteiger partial charge is 0.215 e. The van der Waals surface area contributed by atoms with E-state index in [2.05, 4.69) is 64.1 Å². The molecule has 2 aliphatic rings. The van der Waals surface area contributed by atoms with Crippen molar-refractivity contribution in [3.8, 4) is 0 Å². The summed E-state index contributed by atoms with van der Waals surface area (Å²) >= 11 is 0. The van der Waals surface area contributed by atoms with Crippen molar-refractivity contribution < 1.29 is 14.5 Å². The van der Waals surface area contributed by atoms with E-state index in [4.69, 9.17) is 9.72 Å². The van der Waals surface area contributed by atoms with E-state index < -0.39 is 0 Å². The van der Waals surface area contributed by atoms with Gasteiger partial charge in [0, 0.05) is 6.42 Å². The number of nitrogens with one attached hydrogen (secondary N) is 2. The summed E-state index contributed by atoms with van der Waals surface area (Å²) in [6.07, 6.45) is 1.11. The molecule has 29 heavy (non-hydrogen) atoms. The number of imidazole rings is 1. The number of para-hydroxylation sites is 2. The lowest BCUT2D eigenvalue weighted by atomic mass is 10.1. The molecule has 0 bridgehead atoms. The van der Waals surface area contributed by atoms with Gasteiger partial charge in [-0.25, -0.2) is 4.98 Å². The summed E-state index contributed by atoms with van der Waals surface area (Å²) < 4.78 is 7.95. The van der Waals surface area contributed by atoms with E-state index in [1.54, 1.807) is 9.80 Å². The number of ether oxygens (including phenoxy) is 1. The number of nitrogens with zero attached hydrogens (tertiary/aromatic N) is 3. The SMILES string of the molecule is c1ccc(CC[NH+]2CN(CC[NH+]3CCOCC3)c3nc4ccccc4n3C2)cc1. The van der Waals surface area contributed by atoms with E-state index in [9.17, 15) is 0 Å². The number of fused-ring (bicyclic) bond motifs is 3. The van der Waals surface area contributed by atoms with Gasteiger partial charge in [-0.05, 0) is 17.7 Å². The number of aromatic nitrogens is 2. The fraction of sp³-hybridized carbons (Fsp3) is 0.435. The molecule has 5 rings (SSSR count). The molecule has 0 spiro atoms. The van der Waals surface area contributed by atoms with E-state index >= 15 is 0 Å². The Morgan fingerprint density at radius 1 is 0.862 bits per heavy atom. The number of morpholine rings is 1. The van der Waals surface area contributed by atoms with Crippen LogP contribution in [-0.4, -0.2) is 62.2 Å². The summed E-state index contributed by atoms with van der Waals surface area (Å²) in [6.45, 7) is 9.38. The van der Waals surface area contributed by atoms with Gasteiger partial charge in [0.25, 0.3) is 0 Å². The van der Waals surface area contributed by atoms with Gasteiger partial charge in [-0.3, -0.25) is 9.47 Å². The quantitative estimate of drug-likeness (QED) is 0.610. The Morgan fingerprint density at radius 2 is 1.66 bits per heavy atom. The molecule has 0 radical (unpaired) electrons. The summed E-state index contributed by atoms with van der Waals surface area (Å²) in [4.78, 5) is 10.7. The second-order valence-electron chi connectivity index (χ2n) is 8.26. The van der Waals surface area contributed by atoms with Gasteiger partial charge in [0.05, 0.1) is 43.9 Å². The maximum absolute atomic E-state index is 5.52. The van der Waals surface area contributed by atoms with Crippen molar-refractivity contribution in [3.63, 3.8) is 0 Å². The molecule has 6 nitrogen and oxygen atoms in total. The standard InChI is InChI=1S/C23H29N5O/c1-2-6-20(7-3-1)10-11-26-18-27(13-12-25-14-16-29-17-15-25)23-24-21-8-4-5-9-22(21)28(23)19-26/h1-9H,10-19H2/p+2. The molecule has 3 aromatic rings. The van der Waals surface area contributed by atoms with E-state index in [-0.39, 0.29) is 0 Å². The first kappa shape index (κ1) is 18.6. The number of quaternary nitrogens is 2. The second kappa shape index (κ2) is 8.53. The normalized spacial score (nSPS) is 20.1. The number of rotatable bonds is 6. The Kier molecular flexibility index (Phi) is 5.47. The molecule has 1 unspecified atom stereocenters. The van der Waals surface area contributed by atoms with Crippen molar-refractivity contribution in [2.45, 2.75) is 13.1 Å². The van der Waals surface area contributed by atoms with E-state index in [0.29, 0.717) is 0 Å². The van der Waals surface area contributed by atoms with Gasteiger partial charge < -0.3 is 14.5 Å². The highest BCUT2D eigenvalue weighted by Crippen LogP contribution is 2.22. The van der Waals surface area contributed by atoms with Crippen LogP contribution in [0.25, 0.3) is 11.0 Å². The molecule has 3 heterocycles. The third kappa shape index (κ3) is 4.15. The van der Waals surface area contributed by atoms with Crippen LogP contribution in [0.2, 0.25) is 0 Å². The van der Waals surface area contributed by atoms with Gasteiger partial charge in [0.2, 0.25) is 5.95 Å². The fourth-order valence-electron chi connectivity index (χ4n) is 4.58. The average Bonchev–Trinajstić information content (AvgIpc) is 3.16. The van der Waals surface area contributed by atoms with Crippen LogP contribution in [0.1, 0.15) is 5.56 Å². The molecule has 152 valence electrons. The first-order valence-electron chi connectivity index (χ1n) is 10.9. The Balaban J connectivity index is 1.34. The molecule has 0 aliphatic carbocycles. The molecule has 1 aromatic heterocycles. The van der Waals surface area contributed by atoms with Gasteiger partial charge in [-0.15, -0.1) is 0 Å². The number of hydrogen-bond donors (Lipinski definition) is 2. The van der Waals surface area contributed by atoms with Crippen LogP contribution in [0, 0.1) is 0 Å². The summed E-state index contributed by atoms with van der Waals surface area (Å²) in [5.74, 6) is 1.14. The van der Waals surface area contributed by atoms with E-state index in [1.165, 1.54) is 11.1 Å². The largest absolute Gasteiger partial charge is 0.370 e. The maximum atomic E-state index is 5.52.